The van der Waals surface area contributed by atoms with E-state index in [1.165, 1.54) is 12.1 Å². The molecular formula is C13H10ClF3N2O2S. The number of benzene rings is 1. The van der Waals surface area contributed by atoms with Gasteiger partial charge in [0, 0.05) is 5.02 Å². The fourth-order valence-corrected chi connectivity index (χ4v) is 2.86. The molecule has 0 saturated carbocycles. The highest BCUT2D eigenvalue weighted by molar-refractivity contribution is 7.17. The molecule has 0 bridgehead atoms. The number of aromatic carboxylic acids is 1. The molecule has 1 aromatic heterocycles. The van der Waals surface area contributed by atoms with E-state index < -0.39 is 17.7 Å². The number of aryl methyl sites for hydroxylation is 1. The van der Waals surface area contributed by atoms with Crippen molar-refractivity contribution in [1.29, 1.82) is 0 Å². The van der Waals surface area contributed by atoms with Crippen LogP contribution in [0.1, 0.15) is 27.9 Å². The number of rotatable bonds is 4. The summed E-state index contributed by atoms with van der Waals surface area (Å²) in [4.78, 5) is 15.1. The van der Waals surface area contributed by atoms with Gasteiger partial charge >= 0.3 is 12.1 Å². The Kier molecular flexibility index (Phi) is 4.62. The number of carboxylic acid groups (broad SMARTS) is 1. The fraction of sp³-hybridized carbons (Fsp3) is 0.231. The van der Waals surface area contributed by atoms with E-state index in [-0.39, 0.29) is 20.7 Å². The van der Waals surface area contributed by atoms with Crippen molar-refractivity contribution in [2.45, 2.75) is 19.5 Å². The second kappa shape index (κ2) is 6.13. The van der Waals surface area contributed by atoms with Gasteiger partial charge in [-0.25, -0.2) is 9.78 Å². The second-order valence-corrected chi connectivity index (χ2v) is 5.70. The maximum atomic E-state index is 13.0. The minimum atomic E-state index is -4.59. The molecule has 0 aliphatic heterocycles. The number of carbonyl (C=O) groups is 1. The summed E-state index contributed by atoms with van der Waals surface area (Å²) < 4.78 is 39.0. The molecule has 1 heterocycles. The van der Waals surface area contributed by atoms with Crippen LogP contribution >= 0.6 is 22.9 Å². The molecule has 0 fully saturated rings. The fourth-order valence-electron chi connectivity index (χ4n) is 1.79. The largest absolute Gasteiger partial charge is 0.477 e. The van der Waals surface area contributed by atoms with Gasteiger partial charge in [-0.05, 0) is 24.6 Å². The summed E-state index contributed by atoms with van der Waals surface area (Å²) in [5, 5.41) is 11.6. The van der Waals surface area contributed by atoms with Crippen LogP contribution in [0.25, 0.3) is 0 Å². The zero-order valence-corrected chi connectivity index (χ0v) is 12.7. The Hall–Kier alpha value is -1.80. The Morgan fingerprint density at radius 3 is 2.64 bits per heavy atom. The zero-order valence-electron chi connectivity index (χ0n) is 11.2. The Bertz CT molecular complexity index is 716. The summed E-state index contributed by atoms with van der Waals surface area (Å²) in [6, 6.07) is 3.29. The van der Waals surface area contributed by atoms with Gasteiger partial charge in [0.25, 0.3) is 0 Å². The van der Waals surface area contributed by atoms with Crippen LogP contribution in [0, 0.1) is 0 Å². The number of aromatic nitrogens is 1. The summed E-state index contributed by atoms with van der Waals surface area (Å²) in [5.41, 5.74) is -0.849. The van der Waals surface area contributed by atoms with Crippen molar-refractivity contribution >= 4 is 39.7 Å². The second-order valence-electron chi connectivity index (χ2n) is 4.27. The molecule has 0 spiro atoms. The average molecular weight is 351 g/mol. The predicted molar refractivity (Wildman–Crippen MR) is 78.2 cm³/mol. The van der Waals surface area contributed by atoms with E-state index in [2.05, 4.69) is 10.3 Å². The molecule has 9 heteroatoms. The molecule has 1 aromatic carbocycles. The van der Waals surface area contributed by atoms with Crippen LogP contribution in [-0.2, 0) is 12.6 Å². The molecule has 0 aliphatic carbocycles. The first-order valence-electron chi connectivity index (χ1n) is 6.09. The number of hydrogen-bond acceptors (Lipinski definition) is 4. The summed E-state index contributed by atoms with van der Waals surface area (Å²) in [5.74, 6) is -1.16. The standard InChI is InChI=1S/C13H10ClF3N2O2S/c1-2-8-10(11(20)21)22-12(18-8)19-9-4-3-6(14)5-7(9)13(15,16)17/h3-5H,2H2,1H3,(H,18,19)(H,20,21). The van der Waals surface area contributed by atoms with Gasteiger partial charge in [0.05, 0.1) is 16.9 Å². The quantitative estimate of drug-likeness (QED) is 0.829. The third-order valence-corrected chi connectivity index (χ3v) is 3.99. The molecule has 2 rings (SSSR count). The normalized spacial score (nSPS) is 11.5. The van der Waals surface area contributed by atoms with E-state index in [1.807, 2.05) is 0 Å². The number of halogens is 4. The minimum Gasteiger partial charge on any atom is -0.477 e. The SMILES string of the molecule is CCc1nc(Nc2ccc(Cl)cc2C(F)(F)F)sc1C(=O)O. The number of nitrogens with one attached hydrogen (secondary N) is 1. The van der Waals surface area contributed by atoms with Crippen LogP contribution in [-0.4, -0.2) is 16.1 Å². The van der Waals surface area contributed by atoms with E-state index >= 15 is 0 Å². The highest BCUT2D eigenvalue weighted by Gasteiger charge is 2.34. The Labute approximate surface area is 132 Å². The molecule has 0 aliphatic rings. The van der Waals surface area contributed by atoms with E-state index in [0.717, 1.165) is 17.4 Å². The molecule has 0 atom stereocenters. The smallest absolute Gasteiger partial charge is 0.418 e. The first kappa shape index (κ1) is 16.6. The number of alkyl halides is 3. The molecule has 4 nitrogen and oxygen atoms in total. The van der Waals surface area contributed by atoms with Crippen LogP contribution in [0.15, 0.2) is 18.2 Å². The lowest BCUT2D eigenvalue weighted by Crippen LogP contribution is -2.08. The van der Waals surface area contributed by atoms with Crippen LogP contribution in [0.4, 0.5) is 24.0 Å². The summed E-state index contributed by atoms with van der Waals surface area (Å²) >= 11 is 6.39. The minimum absolute atomic E-state index is 0.00697. The van der Waals surface area contributed by atoms with E-state index in [9.17, 15) is 18.0 Å². The van der Waals surface area contributed by atoms with Crippen molar-refractivity contribution in [2.75, 3.05) is 5.32 Å². The molecular weight excluding hydrogens is 341 g/mol. The van der Waals surface area contributed by atoms with Gasteiger partial charge < -0.3 is 10.4 Å². The lowest BCUT2D eigenvalue weighted by Gasteiger charge is -2.13. The van der Waals surface area contributed by atoms with Gasteiger partial charge in [0.2, 0.25) is 0 Å². The number of hydrogen-bond donors (Lipinski definition) is 2. The van der Waals surface area contributed by atoms with Gasteiger partial charge in [0.15, 0.2) is 5.13 Å². The van der Waals surface area contributed by atoms with Gasteiger partial charge in [-0.2, -0.15) is 13.2 Å². The zero-order chi connectivity index (χ0) is 16.5. The molecule has 0 unspecified atom stereocenters. The third kappa shape index (κ3) is 3.50. The number of carboxylic acids is 1. The monoisotopic (exact) mass is 350 g/mol. The van der Waals surface area contributed by atoms with E-state index in [4.69, 9.17) is 16.7 Å². The first-order chi connectivity index (χ1) is 10.2. The molecule has 118 valence electrons. The van der Waals surface area contributed by atoms with Crippen molar-refractivity contribution in [3.05, 3.63) is 39.4 Å². The van der Waals surface area contributed by atoms with Crippen molar-refractivity contribution in [3.63, 3.8) is 0 Å². The number of nitrogens with zero attached hydrogens (tertiary/aromatic N) is 1. The number of anilines is 2. The molecule has 2 aromatic rings. The molecule has 22 heavy (non-hydrogen) atoms. The molecule has 0 saturated heterocycles. The topological polar surface area (TPSA) is 62.2 Å². The Morgan fingerprint density at radius 1 is 1.45 bits per heavy atom. The Balaban J connectivity index is 2.41. The van der Waals surface area contributed by atoms with Crippen molar-refractivity contribution in [2.24, 2.45) is 0 Å². The van der Waals surface area contributed by atoms with Gasteiger partial charge in [-0.3, -0.25) is 0 Å². The number of thiazole rings is 1. The molecule has 0 amide bonds. The van der Waals surface area contributed by atoms with Crippen LogP contribution in [0.3, 0.4) is 0 Å². The molecule has 2 N–H and O–H groups in total. The van der Waals surface area contributed by atoms with E-state index in [1.54, 1.807) is 6.92 Å². The maximum absolute atomic E-state index is 13.0. The highest BCUT2D eigenvalue weighted by Crippen LogP contribution is 2.38. The van der Waals surface area contributed by atoms with Crippen LogP contribution < -0.4 is 5.32 Å². The van der Waals surface area contributed by atoms with Gasteiger partial charge in [-0.15, -0.1) is 0 Å². The highest BCUT2D eigenvalue weighted by atomic mass is 35.5. The average Bonchev–Trinajstić information content (AvgIpc) is 2.83. The lowest BCUT2D eigenvalue weighted by molar-refractivity contribution is -0.136. The van der Waals surface area contributed by atoms with E-state index in [0.29, 0.717) is 12.1 Å². The van der Waals surface area contributed by atoms with Gasteiger partial charge in [0.1, 0.15) is 4.88 Å². The summed E-state index contributed by atoms with van der Waals surface area (Å²) in [6.07, 6.45) is -4.22. The maximum Gasteiger partial charge on any atom is 0.418 e. The van der Waals surface area contributed by atoms with Crippen molar-refractivity contribution in [1.82, 2.24) is 4.98 Å². The summed E-state index contributed by atoms with van der Waals surface area (Å²) in [7, 11) is 0. The van der Waals surface area contributed by atoms with Crippen molar-refractivity contribution in [3.8, 4) is 0 Å². The molecule has 0 radical (unpaired) electrons. The summed E-state index contributed by atoms with van der Waals surface area (Å²) in [6.45, 7) is 1.72. The van der Waals surface area contributed by atoms with Crippen LogP contribution in [0.2, 0.25) is 5.02 Å². The van der Waals surface area contributed by atoms with Gasteiger partial charge in [-0.1, -0.05) is 29.9 Å². The van der Waals surface area contributed by atoms with Crippen molar-refractivity contribution < 1.29 is 23.1 Å². The predicted octanol–water partition coefficient (Wildman–Crippen LogP) is 4.82. The lowest BCUT2D eigenvalue weighted by atomic mass is 10.1. The first-order valence-corrected chi connectivity index (χ1v) is 7.28. The Morgan fingerprint density at radius 2 is 2.14 bits per heavy atom. The van der Waals surface area contributed by atoms with Crippen LogP contribution in [0.5, 0.6) is 0 Å². The third-order valence-electron chi connectivity index (χ3n) is 2.76.